The van der Waals surface area contributed by atoms with Crippen molar-refractivity contribution in [3.63, 3.8) is 0 Å². The van der Waals surface area contributed by atoms with Crippen LogP contribution in [0.3, 0.4) is 0 Å². The van der Waals surface area contributed by atoms with Crippen molar-refractivity contribution in [2.24, 2.45) is 0 Å². The van der Waals surface area contributed by atoms with Gasteiger partial charge >= 0.3 is 129 Å². The van der Waals surface area contributed by atoms with Gasteiger partial charge in [0.2, 0.25) is 0 Å². The minimum absolute atomic E-state index is 0.248. The van der Waals surface area contributed by atoms with Crippen LogP contribution in [0.5, 0.6) is 0 Å². The Hall–Kier alpha value is -1.24. The first-order valence-electron chi connectivity index (χ1n) is 6.34. The van der Waals surface area contributed by atoms with E-state index in [0.29, 0.717) is 0 Å². The molecule has 3 aromatic carbocycles. The molecule has 1 unspecified atom stereocenters. The number of fused-ring (bicyclic) bond motifs is 1. The molecule has 0 saturated carbocycles. The molecule has 0 N–H and O–H groups in total. The van der Waals surface area contributed by atoms with Gasteiger partial charge in [0.15, 0.2) is 0 Å². The van der Waals surface area contributed by atoms with Gasteiger partial charge in [-0.25, -0.2) is 0 Å². The molecule has 1 nitrogen and oxygen atoms in total. The van der Waals surface area contributed by atoms with Crippen molar-refractivity contribution < 1.29 is 3.83 Å². The SMILES string of the molecule is C[Se](=O)c1cccc2cccc([Se]c3ccccc3)c12. The molecular weight excluding hydrogens is 378 g/mol. The average Bonchev–Trinajstić information content (AvgIpc) is 2.48. The van der Waals surface area contributed by atoms with Gasteiger partial charge in [-0.05, 0) is 0 Å². The normalized spacial score (nSPS) is 12.4. The van der Waals surface area contributed by atoms with Crippen molar-refractivity contribution in [3.8, 4) is 0 Å². The van der Waals surface area contributed by atoms with Crippen LogP contribution in [-0.2, 0) is 3.83 Å². The van der Waals surface area contributed by atoms with Gasteiger partial charge in [0.05, 0.1) is 0 Å². The summed E-state index contributed by atoms with van der Waals surface area (Å²) in [5, 5.41) is 2.41. The quantitative estimate of drug-likeness (QED) is 0.621. The molecule has 0 spiro atoms. The Morgan fingerprint density at radius 2 is 1.55 bits per heavy atom. The molecule has 0 fully saturated rings. The first-order valence-corrected chi connectivity index (χ1v) is 11.3. The summed E-state index contributed by atoms with van der Waals surface area (Å²) in [5.74, 6) is 1.85. The van der Waals surface area contributed by atoms with Crippen LogP contribution in [0.15, 0.2) is 66.7 Å². The van der Waals surface area contributed by atoms with E-state index in [0.717, 1.165) is 4.46 Å². The summed E-state index contributed by atoms with van der Waals surface area (Å²) >= 11 is -1.67. The van der Waals surface area contributed by atoms with Gasteiger partial charge in [0.25, 0.3) is 0 Å². The van der Waals surface area contributed by atoms with E-state index in [-0.39, 0.29) is 15.0 Å². The van der Waals surface area contributed by atoms with Crippen LogP contribution >= 0.6 is 0 Å². The molecule has 1 atom stereocenters. The fraction of sp³-hybridized carbons (Fsp3) is 0.0588. The zero-order valence-electron chi connectivity index (χ0n) is 11.1. The summed E-state index contributed by atoms with van der Waals surface area (Å²) in [5.41, 5.74) is 0. The minimum atomic E-state index is -1.92. The number of hydrogen-bond acceptors (Lipinski definition) is 1. The van der Waals surface area contributed by atoms with Gasteiger partial charge in [0, 0.05) is 0 Å². The molecule has 0 bridgehead atoms. The molecule has 0 aliphatic carbocycles. The van der Waals surface area contributed by atoms with E-state index >= 15 is 0 Å². The second kappa shape index (κ2) is 6.03. The third kappa shape index (κ3) is 2.77. The van der Waals surface area contributed by atoms with Crippen molar-refractivity contribution >= 4 is 52.9 Å². The Labute approximate surface area is 129 Å². The molecule has 0 aliphatic heterocycles. The first kappa shape index (κ1) is 13.7. The number of hydrogen-bond donors (Lipinski definition) is 0. The standard InChI is InChI=1S/C17H14OSe2/c1-20(18)16-12-6-8-13-7-5-11-15(17(13)16)19-14-9-3-2-4-10-14/h2-12H,1H3. The van der Waals surface area contributed by atoms with Crippen molar-refractivity contribution in [2.45, 2.75) is 5.82 Å². The van der Waals surface area contributed by atoms with E-state index in [1.165, 1.54) is 19.7 Å². The zero-order chi connectivity index (χ0) is 13.9. The van der Waals surface area contributed by atoms with Crippen LogP contribution in [0.4, 0.5) is 0 Å². The Balaban J connectivity index is 2.18. The Morgan fingerprint density at radius 3 is 2.25 bits per heavy atom. The van der Waals surface area contributed by atoms with Crippen molar-refractivity contribution in [3.05, 3.63) is 66.7 Å². The summed E-state index contributed by atoms with van der Waals surface area (Å²) < 4.78 is 15.8. The van der Waals surface area contributed by atoms with Crippen molar-refractivity contribution in [1.29, 1.82) is 0 Å². The number of rotatable bonds is 3. The Bertz CT molecular complexity index is 761. The van der Waals surface area contributed by atoms with E-state index in [9.17, 15) is 3.83 Å². The van der Waals surface area contributed by atoms with Gasteiger partial charge in [-0.1, -0.05) is 0 Å². The predicted octanol–water partition coefficient (Wildman–Crippen LogP) is 1.75. The summed E-state index contributed by atoms with van der Waals surface area (Å²) in [4.78, 5) is 0. The third-order valence-electron chi connectivity index (χ3n) is 3.11. The molecule has 3 aromatic rings. The summed E-state index contributed by atoms with van der Waals surface area (Å²) in [6.45, 7) is 0. The molecule has 100 valence electrons. The summed E-state index contributed by atoms with van der Waals surface area (Å²) in [6, 6.07) is 23.0. The van der Waals surface area contributed by atoms with E-state index in [4.69, 9.17) is 0 Å². The van der Waals surface area contributed by atoms with Gasteiger partial charge in [0.1, 0.15) is 0 Å². The van der Waals surface area contributed by atoms with Crippen LogP contribution in [0, 0.1) is 0 Å². The van der Waals surface area contributed by atoms with E-state index in [2.05, 4.69) is 48.5 Å². The first-order chi connectivity index (χ1) is 9.75. The maximum absolute atomic E-state index is 12.1. The topological polar surface area (TPSA) is 17.1 Å². The Kier molecular flexibility index (Phi) is 4.14. The average molecular weight is 392 g/mol. The zero-order valence-corrected chi connectivity index (χ0v) is 14.5. The van der Waals surface area contributed by atoms with Gasteiger partial charge in [-0.3, -0.25) is 0 Å². The molecule has 3 rings (SSSR count). The van der Waals surface area contributed by atoms with Gasteiger partial charge < -0.3 is 0 Å². The monoisotopic (exact) mass is 394 g/mol. The fourth-order valence-corrected chi connectivity index (χ4v) is 6.34. The molecular formula is C17H14OSe2. The Morgan fingerprint density at radius 1 is 0.850 bits per heavy atom. The maximum atomic E-state index is 12.1. The second-order valence-corrected chi connectivity index (χ2v) is 9.65. The molecule has 0 aliphatic rings. The van der Waals surface area contributed by atoms with Gasteiger partial charge in [-0.15, -0.1) is 0 Å². The van der Waals surface area contributed by atoms with Crippen LogP contribution in [-0.4, -0.2) is 28.8 Å². The second-order valence-electron chi connectivity index (χ2n) is 4.48. The summed E-state index contributed by atoms with van der Waals surface area (Å²) in [7, 11) is 0. The van der Waals surface area contributed by atoms with Crippen molar-refractivity contribution in [1.82, 2.24) is 0 Å². The van der Waals surface area contributed by atoms with Crippen molar-refractivity contribution in [2.75, 3.05) is 0 Å². The molecule has 0 radical (unpaired) electrons. The number of benzene rings is 3. The van der Waals surface area contributed by atoms with Crippen LogP contribution in [0.1, 0.15) is 0 Å². The fourth-order valence-electron chi connectivity index (χ4n) is 2.21. The van der Waals surface area contributed by atoms with E-state index in [1.807, 2.05) is 24.0 Å². The molecule has 0 saturated heterocycles. The van der Waals surface area contributed by atoms with Crippen LogP contribution < -0.4 is 13.4 Å². The van der Waals surface area contributed by atoms with Gasteiger partial charge in [-0.2, -0.15) is 0 Å². The van der Waals surface area contributed by atoms with Crippen LogP contribution in [0.2, 0.25) is 5.82 Å². The molecule has 0 heterocycles. The predicted molar refractivity (Wildman–Crippen MR) is 87.4 cm³/mol. The third-order valence-corrected chi connectivity index (χ3v) is 7.36. The molecule has 0 amide bonds. The molecule has 3 heteroatoms. The summed E-state index contributed by atoms with van der Waals surface area (Å²) in [6.07, 6.45) is 0. The van der Waals surface area contributed by atoms with Crippen LogP contribution in [0.25, 0.3) is 10.8 Å². The van der Waals surface area contributed by atoms with E-state index in [1.54, 1.807) is 0 Å². The molecule has 20 heavy (non-hydrogen) atoms. The molecule has 0 aromatic heterocycles. The van der Waals surface area contributed by atoms with E-state index < -0.39 is 13.8 Å².